The van der Waals surface area contributed by atoms with Gasteiger partial charge >= 0.3 is 5.69 Å². The molecule has 6 heteroatoms. The zero-order valence-corrected chi connectivity index (χ0v) is 10.5. The molecule has 1 rings (SSSR count). The lowest BCUT2D eigenvalue weighted by atomic mass is 10.2. The number of rotatable bonds is 5. The molecule has 0 bridgehead atoms. The van der Waals surface area contributed by atoms with E-state index in [1.807, 2.05) is 19.9 Å². The van der Waals surface area contributed by atoms with Crippen molar-refractivity contribution in [2.75, 3.05) is 19.0 Å². The van der Waals surface area contributed by atoms with E-state index in [1.165, 1.54) is 13.2 Å². The second kappa shape index (κ2) is 6.00. The van der Waals surface area contributed by atoms with Gasteiger partial charge < -0.3 is 10.1 Å². The van der Waals surface area contributed by atoms with Gasteiger partial charge in [-0.05, 0) is 13.8 Å². The third-order valence-electron chi connectivity index (χ3n) is 2.27. The number of nitro groups is 1. The number of ether oxygens (including phenoxy) is 1. The van der Waals surface area contributed by atoms with E-state index < -0.39 is 10.7 Å². The van der Waals surface area contributed by atoms with Crippen molar-refractivity contribution in [1.82, 2.24) is 0 Å². The molecule has 0 spiro atoms. The first-order valence-electron chi connectivity index (χ1n) is 5.35. The number of benzene rings is 1. The van der Waals surface area contributed by atoms with Crippen LogP contribution in [0.25, 0.3) is 0 Å². The van der Waals surface area contributed by atoms with Crippen LogP contribution in [0.4, 0.5) is 15.8 Å². The Morgan fingerprint density at radius 2 is 2.22 bits per heavy atom. The van der Waals surface area contributed by atoms with Crippen molar-refractivity contribution in [2.45, 2.75) is 13.8 Å². The third kappa shape index (κ3) is 3.44. The molecule has 5 nitrogen and oxygen atoms in total. The number of halogens is 1. The number of nitrogens with one attached hydrogen (secondary N) is 1. The summed E-state index contributed by atoms with van der Waals surface area (Å²) >= 11 is 0. The predicted octanol–water partition coefficient (Wildman–Crippen LogP) is 3.12. The summed E-state index contributed by atoms with van der Waals surface area (Å²) in [6, 6.07) is 2.13. The van der Waals surface area contributed by atoms with E-state index in [-0.39, 0.29) is 17.1 Å². The molecule has 1 N–H and O–H groups in total. The van der Waals surface area contributed by atoms with Crippen LogP contribution in [0.3, 0.4) is 0 Å². The number of allylic oxidation sites excluding steroid dienone is 1. The van der Waals surface area contributed by atoms with E-state index in [0.29, 0.717) is 6.54 Å². The SMILES string of the molecule is COc1cc(NCC=C(C)C)c(F)cc1[N+](=O)[O-]. The number of nitro benzene ring substituents is 1. The van der Waals surface area contributed by atoms with Gasteiger partial charge in [0.05, 0.1) is 23.8 Å². The molecule has 0 aliphatic rings. The highest BCUT2D eigenvalue weighted by atomic mass is 19.1. The quantitative estimate of drug-likeness (QED) is 0.498. The Morgan fingerprint density at radius 1 is 1.56 bits per heavy atom. The van der Waals surface area contributed by atoms with Crippen molar-refractivity contribution >= 4 is 11.4 Å². The molecule has 0 saturated carbocycles. The van der Waals surface area contributed by atoms with Crippen molar-refractivity contribution in [3.63, 3.8) is 0 Å². The fourth-order valence-corrected chi connectivity index (χ4v) is 1.35. The summed E-state index contributed by atoms with van der Waals surface area (Å²) in [6.45, 7) is 4.29. The van der Waals surface area contributed by atoms with Crippen LogP contribution in [0.1, 0.15) is 13.8 Å². The maximum atomic E-state index is 13.6. The van der Waals surface area contributed by atoms with Crippen LogP contribution in [0.15, 0.2) is 23.8 Å². The van der Waals surface area contributed by atoms with Crippen LogP contribution in [0.2, 0.25) is 0 Å². The smallest absolute Gasteiger partial charge is 0.313 e. The van der Waals surface area contributed by atoms with E-state index in [9.17, 15) is 14.5 Å². The molecule has 0 unspecified atom stereocenters. The molecule has 1 aromatic rings. The molecule has 0 aliphatic heterocycles. The molecular formula is C12H15FN2O3. The lowest BCUT2D eigenvalue weighted by molar-refractivity contribution is -0.385. The fourth-order valence-electron chi connectivity index (χ4n) is 1.35. The topological polar surface area (TPSA) is 64.4 Å². The molecular weight excluding hydrogens is 239 g/mol. The predicted molar refractivity (Wildman–Crippen MR) is 67.5 cm³/mol. The summed E-state index contributed by atoms with van der Waals surface area (Å²) in [6.07, 6.45) is 1.88. The highest BCUT2D eigenvalue weighted by Crippen LogP contribution is 2.32. The van der Waals surface area contributed by atoms with Gasteiger partial charge in [-0.2, -0.15) is 0 Å². The summed E-state index contributed by atoms with van der Waals surface area (Å²) in [5, 5.41) is 13.5. The Bertz CT molecular complexity index is 482. The largest absolute Gasteiger partial charge is 0.490 e. The van der Waals surface area contributed by atoms with Crippen molar-refractivity contribution in [3.05, 3.63) is 39.7 Å². The first kappa shape index (κ1) is 14.0. The molecule has 0 heterocycles. The number of hydrogen-bond donors (Lipinski definition) is 1. The lowest BCUT2D eigenvalue weighted by Gasteiger charge is -2.08. The molecule has 0 atom stereocenters. The van der Waals surface area contributed by atoms with Crippen molar-refractivity contribution in [3.8, 4) is 5.75 Å². The Balaban J connectivity index is 3.00. The monoisotopic (exact) mass is 254 g/mol. The molecule has 0 radical (unpaired) electrons. The minimum absolute atomic E-state index is 0.0288. The van der Waals surface area contributed by atoms with Crippen molar-refractivity contribution in [2.24, 2.45) is 0 Å². The van der Waals surface area contributed by atoms with E-state index in [4.69, 9.17) is 4.74 Å². The van der Waals surface area contributed by atoms with Crippen molar-refractivity contribution in [1.29, 1.82) is 0 Å². The fraction of sp³-hybridized carbons (Fsp3) is 0.333. The van der Waals surface area contributed by atoms with E-state index in [0.717, 1.165) is 11.6 Å². The van der Waals surface area contributed by atoms with Gasteiger partial charge in [-0.25, -0.2) is 4.39 Å². The zero-order valence-electron chi connectivity index (χ0n) is 10.5. The van der Waals surface area contributed by atoms with Gasteiger partial charge in [0, 0.05) is 12.6 Å². The van der Waals surface area contributed by atoms with Crippen LogP contribution in [0, 0.1) is 15.9 Å². The zero-order chi connectivity index (χ0) is 13.7. The number of nitrogens with zero attached hydrogens (tertiary/aromatic N) is 1. The summed E-state index contributed by atoms with van der Waals surface area (Å²) in [7, 11) is 1.31. The molecule has 0 fully saturated rings. The first-order chi connectivity index (χ1) is 8.45. The van der Waals surface area contributed by atoms with Gasteiger partial charge in [-0.3, -0.25) is 10.1 Å². The average molecular weight is 254 g/mol. The van der Waals surface area contributed by atoms with Gasteiger partial charge in [0.1, 0.15) is 0 Å². The third-order valence-corrected chi connectivity index (χ3v) is 2.27. The van der Waals surface area contributed by atoms with Crippen molar-refractivity contribution < 1.29 is 14.1 Å². The molecule has 1 aromatic carbocycles. The van der Waals surface area contributed by atoms with Gasteiger partial charge in [0.25, 0.3) is 0 Å². The summed E-state index contributed by atoms with van der Waals surface area (Å²) < 4.78 is 18.5. The van der Waals surface area contributed by atoms with E-state index in [1.54, 1.807) is 0 Å². The number of hydrogen-bond acceptors (Lipinski definition) is 4. The Kier molecular flexibility index (Phi) is 4.65. The molecule has 0 aromatic heterocycles. The molecule has 0 amide bonds. The summed E-state index contributed by atoms with van der Waals surface area (Å²) in [5.41, 5.74) is 0.884. The highest BCUT2D eigenvalue weighted by Gasteiger charge is 2.18. The average Bonchev–Trinajstić information content (AvgIpc) is 2.30. The van der Waals surface area contributed by atoms with E-state index >= 15 is 0 Å². The minimum atomic E-state index is -0.679. The highest BCUT2D eigenvalue weighted by molar-refractivity contribution is 5.59. The van der Waals surface area contributed by atoms with E-state index in [2.05, 4.69) is 5.32 Å². The minimum Gasteiger partial charge on any atom is -0.490 e. The molecule has 0 saturated heterocycles. The van der Waals surface area contributed by atoms with Crippen LogP contribution < -0.4 is 10.1 Å². The first-order valence-corrected chi connectivity index (χ1v) is 5.35. The second-order valence-electron chi connectivity index (χ2n) is 3.92. The van der Waals surface area contributed by atoms with Gasteiger partial charge in [-0.1, -0.05) is 11.6 Å². The lowest BCUT2D eigenvalue weighted by Crippen LogP contribution is -2.03. The Labute approximate surface area is 104 Å². The molecule has 0 aliphatic carbocycles. The summed E-state index contributed by atoms with van der Waals surface area (Å²) in [5.74, 6) is -0.647. The number of anilines is 1. The Hall–Kier alpha value is -2.11. The molecule has 98 valence electrons. The van der Waals surface area contributed by atoms with Gasteiger partial charge in [-0.15, -0.1) is 0 Å². The Morgan fingerprint density at radius 3 is 2.72 bits per heavy atom. The van der Waals surface area contributed by atoms with Crippen LogP contribution in [-0.2, 0) is 0 Å². The number of methoxy groups -OCH3 is 1. The van der Waals surface area contributed by atoms with Crippen LogP contribution >= 0.6 is 0 Å². The van der Waals surface area contributed by atoms with Gasteiger partial charge in [0.2, 0.25) is 0 Å². The van der Waals surface area contributed by atoms with Gasteiger partial charge in [0.15, 0.2) is 11.6 Å². The van der Waals surface area contributed by atoms with Crippen LogP contribution in [0.5, 0.6) is 5.75 Å². The maximum Gasteiger partial charge on any atom is 0.313 e. The standard InChI is InChI=1S/C12H15FN2O3/c1-8(2)4-5-14-10-7-12(18-3)11(15(16)17)6-9(10)13/h4,6-7,14H,5H2,1-3H3. The summed E-state index contributed by atoms with van der Waals surface area (Å²) in [4.78, 5) is 10.00. The normalized spacial score (nSPS) is 9.78. The molecule has 18 heavy (non-hydrogen) atoms. The second-order valence-corrected chi connectivity index (χ2v) is 3.92. The maximum absolute atomic E-state index is 13.6. The van der Waals surface area contributed by atoms with Crippen LogP contribution in [-0.4, -0.2) is 18.6 Å².